The van der Waals surface area contributed by atoms with Crippen molar-refractivity contribution in [3.63, 3.8) is 0 Å². The Balaban J connectivity index is 2.32. The third-order valence-corrected chi connectivity index (χ3v) is 3.36. The number of rotatable bonds is 2. The van der Waals surface area contributed by atoms with Crippen molar-refractivity contribution in [1.82, 2.24) is 9.38 Å². The van der Waals surface area contributed by atoms with Crippen LogP contribution >= 0.6 is 0 Å². The molecule has 4 heteroatoms. The summed E-state index contributed by atoms with van der Waals surface area (Å²) in [6, 6.07) is 10.8. The summed E-state index contributed by atoms with van der Waals surface area (Å²) in [5, 5.41) is 10.0. The number of fused-ring (bicyclic) bond motifs is 1. The quantitative estimate of drug-likeness (QED) is 0.774. The molecule has 0 saturated carbocycles. The molecule has 102 valence electrons. The molecule has 3 rings (SSSR count). The first-order chi connectivity index (χ1) is 9.58. The van der Waals surface area contributed by atoms with Crippen molar-refractivity contribution in [1.29, 1.82) is 0 Å². The van der Waals surface area contributed by atoms with E-state index in [1.54, 1.807) is 23.6 Å². The zero-order valence-corrected chi connectivity index (χ0v) is 11.3. The molecule has 2 aromatic heterocycles. The van der Waals surface area contributed by atoms with Gasteiger partial charge in [0.25, 0.3) is 0 Å². The molecule has 1 atom stereocenters. The number of benzene rings is 1. The maximum Gasteiger partial charge on any atom is 0.174 e. The third-order valence-electron chi connectivity index (χ3n) is 3.36. The molecular formula is C16H15FN2O. The van der Waals surface area contributed by atoms with Crippen LogP contribution in [0.25, 0.3) is 16.9 Å². The number of pyridine rings is 1. The van der Waals surface area contributed by atoms with Gasteiger partial charge in [0.05, 0.1) is 17.5 Å². The number of hydrogen-bond donors (Lipinski definition) is 1. The van der Waals surface area contributed by atoms with Crippen molar-refractivity contribution < 1.29 is 9.50 Å². The zero-order valence-electron chi connectivity index (χ0n) is 11.3. The van der Waals surface area contributed by atoms with Crippen molar-refractivity contribution in [2.24, 2.45) is 0 Å². The number of hydrogen-bond acceptors (Lipinski definition) is 2. The van der Waals surface area contributed by atoms with Gasteiger partial charge in [-0.25, -0.2) is 9.37 Å². The van der Waals surface area contributed by atoms with Crippen LogP contribution in [0.3, 0.4) is 0 Å². The number of aryl methyl sites for hydroxylation is 1. The summed E-state index contributed by atoms with van der Waals surface area (Å²) in [7, 11) is 0. The number of aliphatic hydroxyl groups is 1. The van der Waals surface area contributed by atoms with Gasteiger partial charge < -0.3 is 5.11 Å². The lowest BCUT2D eigenvalue weighted by atomic mass is 10.1. The smallest absolute Gasteiger partial charge is 0.174 e. The molecule has 0 spiro atoms. The number of aromatic nitrogens is 2. The minimum absolute atomic E-state index is 0.235. The highest BCUT2D eigenvalue weighted by molar-refractivity contribution is 5.67. The molecule has 0 aliphatic heterocycles. The molecule has 0 saturated heterocycles. The van der Waals surface area contributed by atoms with Crippen LogP contribution in [0, 0.1) is 12.7 Å². The van der Waals surface area contributed by atoms with Crippen LogP contribution < -0.4 is 0 Å². The van der Waals surface area contributed by atoms with Crippen LogP contribution in [0.5, 0.6) is 0 Å². The first kappa shape index (κ1) is 12.8. The second kappa shape index (κ2) is 4.72. The topological polar surface area (TPSA) is 37.5 Å². The van der Waals surface area contributed by atoms with E-state index in [1.165, 1.54) is 6.07 Å². The van der Waals surface area contributed by atoms with Crippen molar-refractivity contribution in [3.8, 4) is 11.3 Å². The summed E-state index contributed by atoms with van der Waals surface area (Å²) in [5.74, 6) is -0.396. The molecule has 3 aromatic rings. The Kier molecular flexibility index (Phi) is 3.03. The molecule has 1 unspecified atom stereocenters. The average molecular weight is 270 g/mol. The van der Waals surface area contributed by atoms with E-state index in [1.807, 2.05) is 31.2 Å². The van der Waals surface area contributed by atoms with Crippen LogP contribution in [0.1, 0.15) is 24.3 Å². The molecular weight excluding hydrogens is 255 g/mol. The lowest BCUT2D eigenvalue weighted by Gasteiger charge is -2.08. The predicted molar refractivity (Wildman–Crippen MR) is 76.0 cm³/mol. The second-order valence-electron chi connectivity index (χ2n) is 4.94. The van der Waals surface area contributed by atoms with Crippen molar-refractivity contribution in [2.45, 2.75) is 20.0 Å². The highest BCUT2D eigenvalue weighted by atomic mass is 19.1. The van der Waals surface area contributed by atoms with E-state index in [-0.39, 0.29) is 5.65 Å². The van der Waals surface area contributed by atoms with Gasteiger partial charge in [0.2, 0.25) is 0 Å². The van der Waals surface area contributed by atoms with Gasteiger partial charge >= 0.3 is 0 Å². The lowest BCUT2D eigenvalue weighted by Crippen LogP contribution is -1.99. The van der Waals surface area contributed by atoms with E-state index in [4.69, 9.17) is 0 Å². The van der Waals surface area contributed by atoms with Crippen LogP contribution in [0.15, 0.2) is 42.6 Å². The maximum atomic E-state index is 13.9. The predicted octanol–water partition coefficient (Wildman–Crippen LogP) is 3.50. The molecule has 2 heterocycles. The van der Waals surface area contributed by atoms with Gasteiger partial charge in [-0.05, 0) is 26.0 Å². The summed E-state index contributed by atoms with van der Waals surface area (Å²) in [4.78, 5) is 4.36. The third kappa shape index (κ3) is 1.98. The molecule has 3 nitrogen and oxygen atoms in total. The average Bonchev–Trinajstić information content (AvgIpc) is 2.80. The van der Waals surface area contributed by atoms with E-state index in [0.717, 1.165) is 11.1 Å². The number of aliphatic hydroxyl groups excluding tert-OH is 1. The highest BCUT2D eigenvalue weighted by Gasteiger charge is 2.19. The van der Waals surface area contributed by atoms with Gasteiger partial charge in [0, 0.05) is 11.8 Å². The Morgan fingerprint density at radius 3 is 2.55 bits per heavy atom. The van der Waals surface area contributed by atoms with Crippen molar-refractivity contribution in [2.75, 3.05) is 0 Å². The standard InChI is InChI=1S/C16H15FN2O/c1-10-5-7-12(8-6-10)14-15(11(2)20)19-9-3-4-13(17)16(19)18-14/h3-9,11,20H,1-2H3. The van der Waals surface area contributed by atoms with Gasteiger partial charge in [0.15, 0.2) is 11.5 Å². The molecule has 0 fully saturated rings. The second-order valence-corrected chi connectivity index (χ2v) is 4.94. The summed E-state index contributed by atoms with van der Waals surface area (Å²) in [6.07, 6.45) is 0.980. The molecule has 0 aliphatic rings. The van der Waals surface area contributed by atoms with E-state index in [2.05, 4.69) is 4.98 Å². The van der Waals surface area contributed by atoms with Crippen molar-refractivity contribution in [3.05, 3.63) is 59.7 Å². The fourth-order valence-corrected chi connectivity index (χ4v) is 2.38. The molecule has 0 radical (unpaired) electrons. The first-order valence-electron chi connectivity index (χ1n) is 6.49. The number of imidazole rings is 1. The highest BCUT2D eigenvalue weighted by Crippen LogP contribution is 2.29. The number of halogens is 1. The van der Waals surface area contributed by atoms with Gasteiger partial charge in [0.1, 0.15) is 0 Å². The lowest BCUT2D eigenvalue weighted by molar-refractivity contribution is 0.194. The molecule has 0 amide bonds. The molecule has 0 bridgehead atoms. The Morgan fingerprint density at radius 2 is 1.90 bits per heavy atom. The largest absolute Gasteiger partial charge is 0.387 e. The Hall–Kier alpha value is -2.20. The van der Waals surface area contributed by atoms with Gasteiger partial charge in [-0.3, -0.25) is 4.40 Å². The van der Waals surface area contributed by atoms with Crippen molar-refractivity contribution >= 4 is 5.65 Å². The van der Waals surface area contributed by atoms with E-state index < -0.39 is 11.9 Å². The first-order valence-corrected chi connectivity index (χ1v) is 6.49. The fourth-order valence-electron chi connectivity index (χ4n) is 2.38. The Bertz CT molecular complexity index is 760. The monoisotopic (exact) mass is 270 g/mol. The van der Waals surface area contributed by atoms with Crippen LogP contribution in [-0.2, 0) is 0 Å². The Morgan fingerprint density at radius 1 is 1.20 bits per heavy atom. The minimum atomic E-state index is -0.733. The van der Waals surface area contributed by atoms with Gasteiger partial charge in [-0.2, -0.15) is 0 Å². The molecule has 1 aromatic carbocycles. The summed E-state index contributed by atoms with van der Waals surface area (Å²) >= 11 is 0. The summed E-state index contributed by atoms with van der Waals surface area (Å²) in [6.45, 7) is 3.66. The zero-order chi connectivity index (χ0) is 14.3. The number of nitrogens with zero attached hydrogens (tertiary/aromatic N) is 2. The maximum absolute atomic E-state index is 13.9. The van der Waals surface area contributed by atoms with Gasteiger partial charge in [-0.15, -0.1) is 0 Å². The van der Waals surface area contributed by atoms with Crippen LogP contribution in [0.4, 0.5) is 4.39 Å². The minimum Gasteiger partial charge on any atom is -0.387 e. The Labute approximate surface area is 116 Å². The summed E-state index contributed by atoms with van der Waals surface area (Å²) in [5.41, 5.74) is 3.46. The van der Waals surface area contributed by atoms with Gasteiger partial charge in [-0.1, -0.05) is 29.8 Å². The molecule has 0 aliphatic carbocycles. The van der Waals surface area contributed by atoms with E-state index >= 15 is 0 Å². The SMILES string of the molecule is Cc1ccc(-c2nc3c(F)cccn3c2C(C)O)cc1. The van der Waals surface area contributed by atoms with E-state index in [9.17, 15) is 9.50 Å². The van der Waals surface area contributed by atoms with Crippen LogP contribution in [0.2, 0.25) is 0 Å². The molecule has 20 heavy (non-hydrogen) atoms. The molecule has 1 N–H and O–H groups in total. The normalized spacial score (nSPS) is 12.8. The summed E-state index contributed by atoms with van der Waals surface area (Å²) < 4.78 is 15.5. The van der Waals surface area contributed by atoms with E-state index in [0.29, 0.717) is 11.4 Å². The van der Waals surface area contributed by atoms with Crippen LogP contribution in [-0.4, -0.2) is 14.5 Å². The fraction of sp³-hybridized carbons (Fsp3) is 0.188.